The van der Waals surface area contributed by atoms with Gasteiger partial charge in [0.05, 0.1) is 16.8 Å². The molecule has 1 aromatic carbocycles. The molecule has 4 nitrogen and oxygen atoms in total. The van der Waals surface area contributed by atoms with E-state index >= 15 is 0 Å². The highest BCUT2D eigenvalue weighted by Crippen LogP contribution is 2.31. The predicted molar refractivity (Wildman–Crippen MR) is 57.3 cm³/mol. The van der Waals surface area contributed by atoms with Crippen LogP contribution in [-0.4, -0.2) is 12.5 Å². The Morgan fingerprint density at radius 3 is 2.53 bits per heavy atom. The molecule has 0 saturated carbocycles. The molecule has 17 heavy (non-hydrogen) atoms. The first-order valence-electron chi connectivity index (χ1n) is 4.86. The highest BCUT2D eigenvalue weighted by molar-refractivity contribution is 5.99. The van der Waals surface area contributed by atoms with Gasteiger partial charge in [-0.1, -0.05) is 0 Å². The first kappa shape index (κ1) is 13.3. The average molecular weight is 247 g/mol. The Morgan fingerprint density at radius 2 is 2.06 bits per heavy atom. The molecular weight excluding hydrogens is 235 g/mol. The van der Waals surface area contributed by atoms with Crippen LogP contribution in [0.25, 0.3) is 0 Å². The molecule has 1 rings (SSSR count). The first-order chi connectivity index (χ1) is 7.90. The maximum absolute atomic E-state index is 12.5. The topological polar surface area (TPSA) is 67.2 Å². The lowest BCUT2D eigenvalue weighted by Gasteiger charge is -2.12. The third-order valence-electron chi connectivity index (χ3n) is 2.08. The third kappa shape index (κ3) is 3.10. The van der Waals surface area contributed by atoms with Gasteiger partial charge in [0.25, 0.3) is 5.91 Å². The summed E-state index contributed by atoms with van der Waals surface area (Å²) in [4.78, 5) is 11.5. The Labute approximate surface area is 96.0 Å². The molecule has 0 bridgehead atoms. The van der Waals surface area contributed by atoms with Crippen LogP contribution < -0.4 is 16.6 Å². The van der Waals surface area contributed by atoms with E-state index in [0.717, 1.165) is 18.2 Å². The SMILES string of the molecule is CCNC(=O)c1cc(C(F)(F)F)ccc1NN. The van der Waals surface area contributed by atoms with E-state index in [1.807, 2.05) is 0 Å². The van der Waals surface area contributed by atoms with Crippen molar-refractivity contribution in [2.75, 3.05) is 12.0 Å². The van der Waals surface area contributed by atoms with Crippen molar-refractivity contribution in [1.29, 1.82) is 0 Å². The Morgan fingerprint density at radius 1 is 1.41 bits per heavy atom. The molecule has 0 unspecified atom stereocenters. The second kappa shape index (κ2) is 5.05. The minimum atomic E-state index is -4.49. The van der Waals surface area contributed by atoms with Crippen LogP contribution in [0, 0.1) is 0 Å². The van der Waals surface area contributed by atoms with Crippen molar-refractivity contribution in [2.45, 2.75) is 13.1 Å². The van der Waals surface area contributed by atoms with Crippen LogP contribution in [-0.2, 0) is 6.18 Å². The van der Waals surface area contributed by atoms with Crippen LogP contribution in [0.15, 0.2) is 18.2 Å². The number of nitrogen functional groups attached to an aromatic ring is 1. The fourth-order valence-corrected chi connectivity index (χ4v) is 1.29. The molecule has 0 spiro atoms. The van der Waals surface area contributed by atoms with Gasteiger partial charge >= 0.3 is 6.18 Å². The summed E-state index contributed by atoms with van der Waals surface area (Å²) in [6.45, 7) is 1.99. The van der Waals surface area contributed by atoms with E-state index in [0.29, 0.717) is 6.54 Å². The van der Waals surface area contributed by atoms with Crippen molar-refractivity contribution in [2.24, 2.45) is 5.84 Å². The number of benzene rings is 1. The third-order valence-corrected chi connectivity index (χ3v) is 2.08. The lowest BCUT2D eigenvalue weighted by Crippen LogP contribution is -2.25. The number of hydrogen-bond acceptors (Lipinski definition) is 3. The normalized spacial score (nSPS) is 11.1. The molecule has 7 heteroatoms. The van der Waals surface area contributed by atoms with Gasteiger partial charge in [-0.05, 0) is 25.1 Å². The zero-order chi connectivity index (χ0) is 13.1. The van der Waals surface area contributed by atoms with E-state index in [-0.39, 0.29) is 11.3 Å². The molecule has 1 aromatic rings. The highest BCUT2D eigenvalue weighted by Gasteiger charge is 2.31. The number of nitrogens with two attached hydrogens (primary N) is 1. The van der Waals surface area contributed by atoms with Crippen LogP contribution in [0.1, 0.15) is 22.8 Å². The number of nitrogens with one attached hydrogen (secondary N) is 2. The number of hydrogen-bond donors (Lipinski definition) is 3. The molecule has 0 atom stereocenters. The van der Waals surface area contributed by atoms with E-state index in [4.69, 9.17) is 5.84 Å². The van der Waals surface area contributed by atoms with Crippen molar-refractivity contribution >= 4 is 11.6 Å². The highest BCUT2D eigenvalue weighted by atomic mass is 19.4. The van der Waals surface area contributed by atoms with Crippen molar-refractivity contribution < 1.29 is 18.0 Å². The van der Waals surface area contributed by atoms with Gasteiger partial charge < -0.3 is 10.7 Å². The van der Waals surface area contributed by atoms with Gasteiger partial charge in [0.1, 0.15) is 0 Å². The van der Waals surface area contributed by atoms with E-state index in [9.17, 15) is 18.0 Å². The smallest absolute Gasteiger partial charge is 0.352 e. The van der Waals surface area contributed by atoms with Crippen LogP contribution in [0.3, 0.4) is 0 Å². The van der Waals surface area contributed by atoms with Crippen molar-refractivity contribution in [1.82, 2.24) is 5.32 Å². The summed E-state index contributed by atoms with van der Waals surface area (Å²) >= 11 is 0. The largest absolute Gasteiger partial charge is 0.416 e. The Balaban J connectivity index is 3.20. The van der Waals surface area contributed by atoms with E-state index < -0.39 is 17.6 Å². The minimum absolute atomic E-state index is 0.135. The molecule has 1 amide bonds. The summed E-state index contributed by atoms with van der Waals surface area (Å²) < 4.78 is 37.4. The molecule has 0 saturated heterocycles. The summed E-state index contributed by atoms with van der Waals surface area (Å²) in [6, 6.07) is 2.74. The molecule has 0 aliphatic carbocycles. The first-order valence-corrected chi connectivity index (χ1v) is 4.86. The van der Waals surface area contributed by atoms with E-state index in [1.165, 1.54) is 0 Å². The van der Waals surface area contributed by atoms with Gasteiger partial charge in [0.2, 0.25) is 0 Å². The summed E-state index contributed by atoms with van der Waals surface area (Å²) in [5.74, 6) is 4.53. The molecule has 4 N–H and O–H groups in total. The lowest BCUT2D eigenvalue weighted by atomic mass is 10.1. The van der Waals surface area contributed by atoms with Gasteiger partial charge in [-0.3, -0.25) is 10.6 Å². The monoisotopic (exact) mass is 247 g/mol. The number of hydrazine groups is 1. The van der Waals surface area contributed by atoms with Gasteiger partial charge in [0, 0.05) is 6.54 Å². The zero-order valence-electron chi connectivity index (χ0n) is 9.06. The maximum Gasteiger partial charge on any atom is 0.416 e. The lowest BCUT2D eigenvalue weighted by molar-refractivity contribution is -0.137. The summed E-state index contributed by atoms with van der Waals surface area (Å²) in [5, 5.41) is 2.41. The molecule has 0 radical (unpaired) electrons. The molecular formula is C10H12F3N3O. The Hall–Kier alpha value is -1.76. The fourth-order valence-electron chi connectivity index (χ4n) is 1.29. The second-order valence-corrected chi connectivity index (χ2v) is 3.26. The van der Waals surface area contributed by atoms with Gasteiger partial charge in [0.15, 0.2) is 0 Å². The van der Waals surface area contributed by atoms with Gasteiger partial charge in [-0.25, -0.2) is 0 Å². The van der Waals surface area contributed by atoms with E-state index in [1.54, 1.807) is 6.92 Å². The van der Waals surface area contributed by atoms with Gasteiger partial charge in [-0.15, -0.1) is 0 Å². The number of alkyl halides is 3. The number of amides is 1. The van der Waals surface area contributed by atoms with Crippen LogP contribution in [0.4, 0.5) is 18.9 Å². The van der Waals surface area contributed by atoms with Crippen LogP contribution in [0.2, 0.25) is 0 Å². The number of rotatable bonds is 3. The molecule has 0 aromatic heterocycles. The van der Waals surface area contributed by atoms with Crippen LogP contribution >= 0.6 is 0 Å². The van der Waals surface area contributed by atoms with Crippen molar-refractivity contribution in [3.8, 4) is 0 Å². The Kier molecular flexibility index (Phi) is 3.95. The standard InChI is InChI=1S/C10H12F3N3O/c1-2-15-9(17)7-5-6(10(11,12)13)3-4-8(7)16-14/h3-5,16H,2,14H2,1H3,(H,15,17). The summed E-state index contributed by atoms with van der Waals surface area (Å²) in [5.41, 5.74) is 1.30. The van der Waals surface area contributed by atoms with Crippen LogP contribution in [0.5, 0.6) is 0 Å². The van der Waals surface area contributed by atoms with Crippen molar-refractivity contribution in [3.63, 3.8) is 0 Å². The number of anilines is 1. The molecule has 0 heterocycles. The zero-order valence-corrected chi connectivity index (χ0v) is 9.06. The quantitative estimate of drug-likeness (QED) is 0.563. The predicted octanol–water partition coefficient (Wildman–Crippen LogP) is 1.74. The summed E-state index contributed by atoms with van der Waals surface area (Å²) in [6.07, 6.45) is -4.49. The summed E-state index contributed by atoms with van der Waals surface area (Å²) in [7, 11) is 0. The molecule has 0 aliphatic heterocycles. The fraction of sp³-hybridized carbons (Fsp3) is 0.300. The Bertz CT molecular complexity index is 418. The van der Waals surface area contributed by atoms with E-state index in [2.05, 4.69) is 10.7 Å². The maximum atomic E-state index is 12.5. The molecule has 94 valence electrons. The molecule has 0 fully saturated rings. The minimum Gasteiger partial charge on any atom is -0.352 e. The second-order valence-electron chi connectivity index (χ2n) is 3.26. The molecule has 0 aliphatic rings. The van der Waals surface area contributed by atoms with Crippen molar-refractivity contribution in [3.05, 3.63) is 29.3 Å². The number of halogens is 3. The number of carbonyl (C=O) groups is 1. The van der Waals surface area contributed by atoms with Gasteiger partial charge in [-0.2, -0.15) is 13.2 Å². The average Bonchev–Trinajstić information content (AvgIpc) is 2.27. The number of carbonyl (C=O) groups excluding carboxylic acids is 1.